The highest BCUT2D eigenvalue weighted by Gasteiger charge is 2.60. The second-order valence-electron chi connectivity index (χ2n) is 23.9. The van der Waals surface area contributed by atoms with Gasteiger partial charge in [-0.2, -0.15) is 0 Å². The molecule has 0 aromatic rings. The lowest BCUT2D eigenvalue weighted by atomic mass is 9.61. The molecule has 11 unspecified atom stereocenters. The quantitative estimate of drug-likeness (QED) is 0.257. The minimum absolute atomic E-state index is 0.525. The number of hydrogen-bond acceptors (Lipinski definition) is 3. The first kappa shape index (κ1) is 39.7. The molecule has 0 spiro atoms. The van der Waals surface area contributed by atoms with Gasteiger partial charge in [0.05, 0.1) is 24.4 Å². The van der Waals surface area contributed by atoms with Gasteiger partial charge in [0.2, 0.25) is 0 Å². The minimum Gasteiger partial charge on any atom is -0.374 e. The van der Waals surface area contributed by atoms with Crippen LogP contribution in [0.25, 0.3) is 0 Å². The van der Waals surface area contributed by atoms with Crippen molar-refractivity contribution in [2.45, 2.75) is 267 Å². The molecule has 9 saturated carbocycles. The molecule has 0 bridgehead atoms. The first-order valence-electron chi connectivity index (χ1n) is 27.3. The van der Waals surface area contributed by atoms with E-state index in [4.69, 9.17) is 9.47 Å². The van der Waals surface area contributed by atoms with Gasteiger partial charge in [0.15, 0.2) is 0 Å². The molecule has 11 fully saturated rings. The summed E-state index contributed by atoms with van der Waals surface area (Å²) in [6.07, 6.45) is 55.1. The van der Waals surface area contributed by atoms with E-state index in [9.17, 15) is 0 Å². The molecule has 11 aliphatic rings. The molecular weight excluding hydrogens is 695 g/mol. The van der Waals surface area contributed by atoms with E-state index in [1.54, 1.807) is 103 Å². The van der Waals surface area contributed by atoms with Crippen LogP contribution in [-0.2, 0) is 9.47 Å². The average molecular weight is 784 g/mol. The second-order valence-corrected chi connectivity index (χ2v) is 23.9. The predicted octanol–water partition coefficient (Wildman–Crippen LogP) is 14.1. The summed E-state index contributed by atoms with van der Waals surface area (Å²) in [6.45, 7) is 0. The molecule has 0 aromatic carbocycles. The van der Waals surface area contributed by atoms with Gasteiger partial charge >= 0.3 is 0 Å². The SMILES string of the molecule is C1CCC(C2CCC(N(C3CCC(C4CCCCC4)CC3)C3CCCC(C4CCC(C5CCCC6C7CCC8OC9CCCCC9C8C7OC56)CC4)C3)CC2)CC1. The number of hydrogen-bond donors (Lipinski definition) is 0. The van der Waals surface area contributed by atoms with E-state index in [-0.39, 0.29) is 0 Å². The van der Waals surface area contributed by atoms with Crippen molar-refractivity contribution in [3.63, 3.8) is 0 Å². The summed E-state index contributed by atoms with van der Waals surface area (Å²) >= 11 is 0. The van der Waals surface area contributed by atoms with Crippen LogP contribution in [0.15, 0.2) is 0 Å². The summed E-state index contributed by atoms with van der Waals surface area (Å²) in [4.78, 5) is 3.36. The lowest BCUT2D eigenvalue weighted by molar-refractivity contribution is -0.0866. The van der Waals surface area contributed by atoms with Crippen LogP contribution in [0.5, 0.6) is 0 Å². The third kappa shape index (κ3) is 8.06. The molecule has 9 aliphatic carbocycles. The van der Waals surface area contributed by atoms with Crippen molar-refractivity contribution in [3.05, 3.63) is 0 Å². The molecule has 2 aliphatic heterocycles. The zero-order chi connectivity index (χ0) is 37.7. The molecule has 57 heavy (non-hydrogen) atoms. The van der Waals surface area contributed by atoms with Crippen molar-refractivity contribution in [1.82, 2.24) is 4.90 Å². The molecular formula is C54H89NO2. The van der Waals surface area contributed by atoms with E-state index < -0.39 is 0 Å². The Balaban J connectivity index is 0.727. The molecule has 3 nitrogen and oxygen atoms in total. The lowest BCUT2D eigenvalue weighted by Gasteiger charge is -2.52. The van der Waals surface area contributed by atoms with E-state index in [1.807, 2.05) is 0 Å². The molecule has 0 aromatic heterocycles. The largest absolute Gasteiger partial charge is 0.374 e. The van der Waals surface area contributed by atoms with Crippen LogP contribution in [0.3, 0.4) is 0 Å². The molecule has 0 amide bonds. The third-order valence-electron chi connectivity index (χ3n) is 21.6. The van der Waals surface area contributed by atoms with Crippen LogP contribution >= 0.6 is 0 Å². The van der Waals surface area contributed by atoms with Gasteiger partial charge < -0.3 is 9.47 Å². The van der Waals surface area contributed by atoms with Crippen LogP contribution < -0.4 is 0 Å². The van der Waals surface area contributed by atoms with Gasteiger partial charge in [-0.05, 0) is 194 Å². The van der Waals surface area contributed by atoms with E-state index >= 15 is 0 Å². The second kappa shape index (κ2) is 17.9. The van der Waals surface area contributed by atoms with E-state index in [1.165, 1.54) is 122 Å². The van der Waals surface area contributed by atoms with Crippen LogP contribution in [0.4, 0.5) is 0 Å². The van der Waals surface area contributed by atoms with Crippen LogP contribution in [0.2, 0.25) is 0 Å². The number of fused-ring (bicyclic) bond motifs is 7. The van der Waals surface area contributed by atoms with Gasteiger partial charge in [-0.3, -0.25) is 4.90 Å². The summed E-state index contributed by atoms with van der Waals surface area (Å²) in [5.74, 6) is 11.4. The normalized spacial score (nSPS) is 50.2. The first-order valence-corrected chi connectivity index (χ1v) is 27.3. The number of nitrogens with zero attached hydrogens (tertiary/aromatic N) is 1. The van der Waals surface area contributed by atoms with Crippen molar-refractivity contribution in [1.29, 1.82) is 0 Å². The Labute approximate surface area is 351 Å². The van der Waals surface area contributed by atoms with Crippen LogP contribution in [-0.4, -0.2) is 47.4 Å². The highest BCUT2D eigenvalue weighted by Crippen LogP contribution is 2.59. The lowest BCUT2D eigenvalue weighted by Crippen LogP contribution is -2.54. The third-order valence-corrected chi connectivity index (χ3v) is 21.6. The molecule has 2 saturated heterocycles. The molecule has 322 valence electrons. The summed E-state index contributed by atoms with van der Waals surface area (Å²) in [6, 6.07) is 2.71. The van der Waals surface area contributed by atoms with Gasteiger partial charge in [0, 0.05) is 24.0 Å². The fraction of sp³-hybridized carbons (Fsp3) is 1.00. The highest BCUT2D eigenvalue weighted by molar-refractivity contribution is 5.08. The zero-order valence-corrected chi connectivity index (χ0v) is 37.0. The smallest absolute Gasteiger partial charge is 0.0667 e. The number of ether oxygens (including phenoxy) is 2. The topological polar surface area (TPSA) is 21.7 Å². The van der Waals surface area contributed by atoms with Gasteiger partial charge in [0.1, 0.15) is 0 Å². The van der Waals surface area contributed by atoms with Crippen molar-refractivity contribution in [2.75, 3.05) is 0 Å². The maximum absolute atomic E-state index is 7.49. The van der Waals surface area contributed by atoms with E-state index in [2.05, 4.69) is 4.90 Å². The zero-order valence-electron chi connectivity index (χ0n) is 37.0. The Morgan fingerprint density at radius 3 is 1.44 bits per heavy atom. The van der Waals surface area contributed by atoms with E-state index in [0.29, 0.717) is 24.4 Å². The molecule has 3 heteroatoms. The molecule has 11 atom stereocenters. The van der Waals surface area contributed by atoms with Crippen molar-refractivity contribution in [3.8, 4) is 0 Å². The van der Waals surface area contributed by atoms with Crippen LogP contribution in [0, 0.1) is 71.0 Å². The summed E-state index contributed by atoms with van der Waals surface area (Å²) in [7, 11) is 0. The average Bonchev–Trinajstić information content (AvgIpc) is 3.87. The van der Waals surface area contributed by atoms with E-state index in [0.717, 1.165) is 89.1 Å². The summed E-state index contributed by atoms with van der Waals surface area (Å²) < 4.78 is 14.3. The Bertz CT molecular complexity index is 1230. The fourth-order valence-electron chi connectivity index (χ4n) is 18.9. The minimum atomic E-state index is 0.525. The van der Waals surface area contributed by atoms with Crippen molar-refractivity contribution < 1.29 is 9.47 Å². The van der Waals surface area contributed by atoms with Crippen molar-refractivity contribution in [2.24, 2.45) is 71.0 Å². The number of rotatable bonds is 7. The molecule has 2 heterocycles. The molecule has 0 N–H and O–H groups in total. The van der Waals surface area contributed by atoms with Gasteiger partial charge in [-0.1, -0.05) is 96.3 Å². The monoisotopic (exact) mass is 784 g/mol. The molecule has 11 rings (SSSR count). The molecule has 0 radical (unpaired) electrons. The van der Waals surface area contributed by atoms with Gasteiger partial charge in [-0.25, -0.2) is 0 Å². The van der Waals surface area contributed by atoms with Gasteiger partial charge in [-0.15, -0.1) is 0 Å². The fourth-order valence-corrected chi connectivity index (χ4v) is 18.9. The maximum Gasteiger partial charge on any atom is 0.0667 e. The maximum atomic E-state index is 7.49. The predicted molar refractivity (Wildman–Crippen MR) is 234 cm³/mol. The summed E-state index contributed by atoms with van der Waals surface area (Å²) in [5.41, 5.74) is 0. The van der Waals surface area contributed by atoms with Crippen molar-refractivity contribution >= 4 is 0 Å². The summed E-state index contributed by atoms with van der Waals surface area (Å²) in [5, 5.41) is 0. The standard InChI is InChI=1S/C54H89NO2/c1-3-11-36(12-4-1)38-25-29-43(30-26-38)55(44-31-27-39(28-32-44)37-13-5-2-6-14-37)45-16-9-15-42(35-45)40-21-23-41(24-22-40)46-18-10-19-47-48-33-34-51-52(54(48)57-53(46)47)49-17-7-8-20-50(49)56-51/h36-54H,1-35H2. The Morgan fingerprint density at radius 1 is 0.263 bits per heavy atom. The first-order chi connectivity index (χ1) is 28.2. The Hall–Kier alpha value is -0.120. The highest BCUT2D eigenvalue weighted by atomic mass is 16.5. The van der Waals surface area contributed by atoms with Gasteiger partial charge in [0.25, 0.3) is 0 Å². The Morgan fingerprint density at radius 2 is 0.754 bits per heavy atom. The Kier molecular flexibility index (Phi) is 12.5. The van der Waals surface area contributed by atoms with Crippen LogP contribution in [0.1, 0.15) is 225 Å².